The number of hydrogen-bond donors (Lipinski definition) is 0. The van der Waals surface area contributed by atoms with Crippen LogP contribution >= 0.6 is 27.3 Å². The number of hydrogen-bond acceptors (Lipinski definition) is 6. The highest BCUT2D eigenvalue weighted by Crippen LogP contribution is 2.33. The van der Waals surface area contributed by atoms with Crippen LogP contribution in [0.2, 0.25) is 0 Å². The van der Waals surface area contributed by atoms with Crippen LogP contribution in [0.4, 0.5) is 13.9 Å². The smallest absolute Gasteiger partial charge is 0.269 e. The molecule has 1 aromatic heterocycles. The summed E-state index contributed by atoms with van der Waals surface area (Å²) >= 11 is 3.97. The summed E-state index contributed by atoms with van der Waals surface area (Å²) in [7, 11) is -1.47. The van der Waals surface area contributed by atoms with E-state index in [2.05, 4.69) is 20.9 Å². The Balaban J connectivity index is 2.11. The van der Waals surface area contributed by atoms with Gasteiger partial charge in [0.2, 0.25) is 0 Å². The van der Waals surface area contributed by atoms with E-state index in [4.69, 9.17) is 9.47 Å². The van der Waals surface area contributed by atoms with Gasteiger partial charge in [-0.2, -0.15) is 0 Å². The molecule has 29 heavy (non-hydrogen) atoms. The average molecular weight is 505 g/mol. The van der Waals surface area contributed by atoms with Crippen molar-refractivity contribution in [1.29, 1.82) is 0 Å². The Morgan fingerprint density at radius 1 is 1.14 bits per heavy atom. The van der Waals surface area contributed by atoms with Crippen molar-refractivity contribution in [2.75, 3.05) is 18.5 Å². The lowest BCUT2D eigenvalue weighted by molar-refractivity contribution is 0.391. The number of rotatable bonds is 7. The largest absolute Gasteiger partial charge is 0.497 e. The lowest BCUT2D eigenvalue weighted by atomic mass is 10.2. The first-order valence-corrected chi connectivity index (χ1v) is 11.2. The van der Waals surface area contributed by atoms with Crippen molar-refractivity contribution in [3.63, 3.8) is 0 Å². The van der Waals surface area contributed by atoms with Gasteiger partial charge in [0.25, 0.3) is 10.0 Å². The Morgan fingerprint density at radius 2 is 1.90 bits per heavy atom. The molecule has 0 atom stereocenters. The van der Waals surface area contributed by atoms with Crippen molar-refractivity contribution in [3.05, 3.63) is 63.6 Å². The topological polar surface area (TPSA) is 68.7 Å². The quantitative estimate of drug-likeness (QED) is 0.440. The van der Waals surface area contributed by atoms with Crippen LogP contribution in [-0.4, -0.2) is 27.6 Å². The minimum Gasteiger partial charge on any atom is -0.497 e. The zero-order chi connectivity index (χ0) is 21.2. The summed E-state index contributed by atoms with van der Waals surface area (Å²) in [6, 6.07) is 6.32. The molecule has 2 aromatic carbocycles. The summed E-state index contributed by atoms with van der Waals surface area (Å²) in [5, 5.41) is 1.72. The SMILES string of the molecule is COc1ccc(CN(c2nccs2)S(=O)(=O)c2cc(Br)c(F)cc2F)c(OC)c1. The fourth-order valence-corrected chi connectivity index (χ4v) is 5.39. The Labute approximate surface area is 178 Å². The molecule has 0 aliphatic rings. The first-order chi connectivity index (χ1) is 13.8. The second-order valence-electron chi connectivity index (χ2n) is 5.70. The fraction of sp³-hybridized carbons (Fsp3) is 0.167. The maximum absolute atomic E-state index is 14.4. The molecule has 0 fully saturated rings. The molecule has 0 amide bonds. The lowest BCUT2D eigenvalue weighted by Gasteiger charge is -2.23. The van der Waals surface area contributed by atoms with Crippen molar-refractivity contribution in [2.24, 2.45) is 0 Å². The highest BCUT2D eigenvalue weighted by molar-refractivity contribution is 9.10. The Kier molecular flexibility index (Phi) is 6.39. The van der Waals surface area contributed by atoms with E-state index in [1.807, 2.05) is 0 Å². The van der Waals surface area contributed by atoms with Crippen LogP contribution in [0, 0.1) is 11.6 Å². The first-order valence-electron chi connectivity index (χ1n) is 8.05. The van der Waals surface area contributed by atoms with E-state index in [0.717, 1.165) is 21.7 Å². The van der Waals surface area contributed by atoms with E-state index in [0.29, 0.717) is 23.1 Å². The van der Waals surface area contributed by atoms with E-state index in [-0.39, 0.29) is 16.1 Å². The van der Waals surface area contributed by atoms with E-state index in [9.17, 15) is 17.2 Å². The molecule has 6 nitrogen and oxygen atoms in total. The van der Waals surface area contributed by atoms with Crippen LogP contribution in [0.3, 0.4) is 0 Å². The third kappa shape index (κ3) is 4.36. The Morgan fingerprint density at radius 3 is 2.52 bits per heavy atom. The second-order valence-corrected chi connectivity index (χ2v) is 9.26. The van der Waals surface area contributed by atoms with Gasteiger partial charge in [-0.15, -0.1) is 11.3 Å². The number of aromatic nitrogens is 1. The number of anilines is 1. The van der Waals surface area contributed by atoms with Gasteiger partial charge >= 0.3 is 0 Å². The van der Waals surface area contributed by atoms with Crippen LogP contribution in [0.1, 0.15) is 5.56 Å². The highest BCUT2D eigenvalue weighted by atomic mass is 79.9. The summed E-state index contributed by atoms with van der Waals surface area (Å²) in [5.74, 6) is -1.18. The van der Waals surface area contributed by atoms with Crippen LogP contribution in [-0.2, 0) is 16.6 Å². The van der Waals surface area contributed by atoms with E-state index in [1.165, 1.54) is 20.4 Å². The van der Waals surface area contributed by atoms with Crippen LogP contribution in [0.25, 0.3) is 0 Å². The van der Waals surface area contributed by atoms with Gasteiger partial charge in [-0.1, -0.05) is 0 Å². The monoisotopic (exact) mass is 504 g/mol. The molecule has 0 saturated heterocycles. The molecule has 0 radical (unpaired) electrons. The molecule has 0 aliphatic carbocycles. The molecule has 0 unspecified atom stereocenters. The van der Waals surface area contributed by atoms with E-state index >= 15 is 0 Å². The summed E-state index contributed by atoms with van der Waals surface area (Å²) < 4.78 is 65.8. The highest BCUT2D eigenvalue weighted by Gasteiger charge is 2.31. The molecular weight excluding hydrogens is 490 g/mol. The van der Waals surface area contributed by atoms with Gasteiger partial charge in [0.05, 0.1) is 25.2 Å². The summed E-state index contributed by atoms with van der Waals surface area (Å²) in [5.41, 5.74) is 0.508. The van der Waals surface area contributed by atoms with Gasteiger partial charge in [-0.3, -0.25) is 0 Å². The first kappa shape index (κ1) is 21.5. The second kappa shape index (κ2) is 8.64. The van der Waals surface area contributed by atoms with Crippen molar-refractivity contribution in [1.82, 2.24) is 4.98 Å². The van der Waals surface area contributed by atoms with Gasteiger partial charge in [-0.25, -0.2) is 26.5 Å². The number of thiazole rings is 1. The maximum Gasteiger partial charge on any atom is 0.269 e. The van der Waals surface area contributed by atoms with Gasteiger partial charge in [-0.05, 0) is 34.1 Å². The van der Waals surface area contributed by atoms with Crippen LogP contribution in [0.15, 0.2) is 51.3 Å². The van der Waals surface area contributed by atoms with Crippen LogP contribution < -0.4 is 13.8 Å². The molecule has 154 valence electrons. The predicted molar refractivity (Wildman–Crippen MR) is 109 cm³/mol. The summed E-state index contributed by atoms with van der Waals surface area (Å²) in [4.78, 5) is 3.38. The minimum atomic E-state index is -4.41. The Bertz CT molecular complexity index is 1130. The van der Waals surface area contributed by atoms with E-state index in [1.54, 1.807) is 23.6 Å². The normalized spacial score (nSPS) is 11.3. The van der Waals surface area contributed by atoms with Gasteiger partial charge in [0.1, 0.15) is 28.0 Å². The van der Waals surface area contributed by atoms with Crippen molar-refractivity contribution < 1.29 is 26.7 Å². The Hall–Kier alpha value is -2.24. The molecule has 0 spiro atoms. The summed E-state index contributed by atoms with van der Waals surface area (Å²) in [6.07, 6.45) is 1.44. The molecule has 0 bridgehead atoms. The average Bonchev–Trinajstić information content (AvgIpc) is 3.22. The summed E-state index contributed by atoms with van der Waals surface area (Å²) in [6.45, 7) is -0.183. The molecule has 0 aliphatic heterocycles. The van der Waals surface area contributed by atoms with Crippen LogP contribution in [0.5, 0.6) is 11.5 Å². The molecular formula is C18H15BrF2N2O4S2. The van der Waals surface area contributed by atoms with E-state index < -0.39 is 26.6 Å². The molecule has 3 rings (SSSR count). The fourth-order valence-electron chi connectivity index (χ4n) is 2.55. The minimum absolute atomic E-state index is 0.128. The van der Waals surface area contributed by atoms with Gasteiger partial charge in [0, 0.05) is 29.3 Å². The zero-order valence-corrected chi connectivity index (χ0v) is 18.4. The predicted octanol–water partition coefficient (Wildman–Crippen LogP) is 4.60. The standard InChI is InChI=1S/C18H15BrF2N2O4S2/c1-26-12-4-3-11(16(7-12)27-2)10-23(18-22-5-6-28-18)29(24,25)17-8-13(19)14(20)9-15(17)21/h3-9H,10H2,1-2H3. The molecule has 3 aromatic rings. The maximum atomic E-state index is 14.4. The number of ether oxygens (including phenoxy) is 2. The van der Waals surface area contributed by atoms with Gasteiger partial charge in [0.15, 0.2) is 5.13 Å². The molecule has 0 N–H and O–H groups in total. The number of halogens is 3. The van der Waals surface area contributed by atoms with Crippen molar-refractivity contribution >= 4 is 42.4 Å². The van der Waals surface area contributed by atoms with Crippen molar-refractivity contribution in [2.45, 2.75) is 11.4 Å². The number of sulfonamides is 1. The molecule has 11 heteroatoms. The van der Waals surface area contributed by atoms with Gasteiger partial charge < -0.3 is 9.47 Å². The lowest BCUT2D eigenvalue weighted by Crippen LogP contribution is -2.31. The third-order valence-corrected chi connectivity index (χ3v) is 7.25. The number of benzene rings is 2. The third-order valence-electron chi connectivity index (χ3n) is 3.98. The zero-order valence-electron chi connectivity index (χ0n) is 15.2. The van der Waals surface area contributed by atoms with Crippen molar-refractivity contribution in [3.8, 4) is 11.5 Å². The molecule has 0 saturated carbocycles. The molecule has 1 heterocycles. The number of nitrogens with zero attached hydrogens (tertiary/aromatic N) is 2. The number of methoxy groups -OCH3 is 2.